The quantitative estimate of drug-likeness (QED) is 0.533. The molecule has 1 heterocycles. The molecule has 2 aromatic rings. The van der Waals surface area contributed by atoms with Crippen LogP contribution in [-0.4, -0.2) is 27.6 Å². The Bertz CT molecular complexity index is 987. The second-order valence-electron chi connectivity index (χ2n) is 7.32. The third-order valence-electron chi connectivity index (χ3n) is 4.75. The number of amides is 2. The van der Waals surface area contributed by atoms with Crippen LogP contribution >= 0.6 is 24.0 Å². The molecule has 1 fully saturated rings. The third kappa shape index (κ3) is 5.14. The van der Waals surface area contributed by atoms with E-state index in [1.54, 1.807) is 0 Å². The summed E-state index contributed by atoms with van der Waals surface area (Å²) >= 11 is 6.64. The van der Waals surface area contributed by atoms with E-state index in [1.807, 2.05) is 70.2 Å². The molecule has 2 amide bonds. The number of nitrogens with zero attached hydrogens (tertiary/aromatic N) is 1. The van der Waals surface area contributed by atoms with Crippen molar-refractivity contribution in [2.75, 3.05) is 11.9 Å². The van der Waals surface area contributed by atoms with Gasteiger partial charge in [0.25, 0.3) is 5.91 Å². The van der Waals surface area contributed by atoms with Gasteiger partial charge in [0.05, 0.1) is 4.91 Å². The molecule has 6 heteroatoms. The number of hydrogen-bond acceptors (Lipinski definition) is 4. The second kappa shape index (κ2) is 8.93. The minimum atomic E-state index is -0.143. The van der Waals surface area contributed by atoms with Crippen LogP contribution in [0.3, 0.4) is 0 Å². The molecule has 0 spiro atoms. The highest BCUT2D eigenvalue weighted by Crippen LogP contribution is 2.32. The summed E-state index contributed by atoms with van der Waals surface area (Å²) in [5.41, 5.74) is 6.19. The van der Waals surface area contributed by atoms with Crippen LogP contribution in [0.4, 0.5) is 5.69 Å². The largest absolute Gasteiger partial charge is 0.326 e. The zero-order valence-corrected chi connectivity index (χ0v) is 18.7. The molecule has 2 aromatic carbocycles. The lowest BCUT2D eigenvalue weighted by Crippen LogP contribution is -2.31. The molecule has 29 heavy (non-hydrogen) atoms. The summed E-state index contributed by atoms with van der Waals surface area (Å²) in [5.74, 6) is -0.271. The first kappa shape index (κ1) is 21.3. The van der Waals surface area contributed by atoms with E-state index in [0.717, 1.165) is 27.9 Å². The summed E-state index contributed by atoms with van der Waals surface area (Å²) in [6.45, 7) is 8.28. The molecule has 0 saturated carbocycles. The molecule has 1 N–H and O–H groups in total. The fourth-order valence-electron chi connectivity index (χ4n) is 3.30. The highest BCUT2D eigenvalue weighted by Gasteiger charge is 2.32. The summed E-state index contributed by atoms with van der Waals surface area (Å²) < 4.78 is 0.490. The molecule has 1 aliphatic heterocycles. The highest BCUT2D eigenvalue weighted by atomic mass is 32.2. The number of thioether (sulfide) groups is 1. The van der Waals surface area contributed by atoms with Gasteiger partial charge in [-0.05, 0) is 50.5 Å². The number of nitrogens with one attached hydrogen (secondary N) is 1. The molecule has 0 aliphatic carbocycles. The van der Waals surface area contributed by atoms with E-state index in [0.29, 0.717) is 9.23 Å². The molecule has 1 saturated heterocycles. The van der Waals surface area contributed by atoms with Gasteiger partial charge in [0.2, 0.25) is 5.91 Å². The lowest BCUT2D eigenvalue weighted by Gasteiger charge is -2.16. The van der Waals surface area contributed by atoms with E-state index >= 15 is 0 Å². The third-order valence-corrected chi connectivity index (χ3v) is 6.13. The van der Waals surface area contributed by atoms with Crippen molar-refractivity contribution in [3.63, 3.8) is 0 Å². The van der Waals surface area contributed by atoms with Gasteiger partial charge < -0.3 is 5.32 Å². The monoisotopic (exact) mass is 424 g/mol. The number of rotatable bonds is 5. The molecule has 4 nitrogen and oxygen atoms in total. The molecule has 0 unspecified atom stereocenters. The van der Waals surface area contributed by atoms with Crippen LogP contribution in [-0.2, 0) is 9.59 Å². The van der Waals surface area contributed by atoms with Crippen molar-refractivity contribution in [2.45, 2.75) is 34.1 Å². The molecule has 0 aromatic heterocycles. The summed E-state index contributed by atoms with van der Waals surface area (Å²) in [6.07, 6.45) is 2.04. The maximum Gasteiger partial charge on any atom is 0.266 e. The van der Waals surface area contributed by atoms with Gasteiger partial charge in [-0.15, -0.1) is 0 Å². The van der Waals surface area contributed by atoms with Gasteiger partial charge in [0.15, 0.2) is 0 Å². The first-order chi connectivity index (χ1) is 13.7. The van der Waals surface area contributed by atoms with Crippen molar-refractivity contribution in [2.24, 2.45) is 0 Å². The van der Waals surface area contributed by atoms with Crippen LogP contribution < -0.4 is 5.32 Å². The predicted octanol–water partition coefficient (Wildman–Crippen LogP) is 5.15. The summed E-state index contributed by atoms with van der Waals surface area (Å²) in [5, 5.41) is 2.97. The van der Waals surface area contributed by atoms with Gasteiger partial charge in [-0.3, -0.25) is 14.5 Å². The fourth-order valence-corrected chi connectivity index (χ4v) is 4.61. The molecule has 150 valence electrons. The Balaban J connectivity index is 1.63. The number of carbonyl (C=O) groups is 2. The van der Waals surface area contributed by atoms with E-state index in [1.165, 1.54) is 22.2 Å². The van der Waals surface area contributed by atoms with E-state index in [-0.39, 0.29) is 24.8 Å². The number of anilines is 1. The lowest BCUT2D eigenvalue weighted by atomic mass is 10.1. The van der Waals surface area contributed by atoms with Gasteiger partial charge in [-0.1, -0.05) is 71.5 Å². The number of hydrogen-bond donors (Lipinski definition) is 1. The van der Waals surface area contributed by atoms with Crippen molar-refractivity contribution >= 4 is 51.9 Å². The molecule has 3 rings (SSSR count). The molecule has 0 atom stereocenters. The normalized spacial score (nSPS) is 15.3. The molecule has 0 radical (unpaired) electrons. The van der Waals surface area contributed by atoms with Crippen LogP contribution in [0, 0.1) is 27.7 Å². The Kier molecular flexibility index (Phi) is 6.55. The van der Waals surface area contributed by atoms with Gasteiger partial charge in [0, 0.05) is 18.7 Å². The first-order valence-corrected chi connectivity index (χ1v) is 10.7. The van der Waals surface area contributed by atoms with Crippen molar-refractivity contribution in [1.82, 2.24) is 4.90 Å². The highest BCUT2D eigenvalue weighted by molar-refractivity contribution is 8.26. The van der Waals surface area contributed by atoms with Gasteiger partial charge in [-0.25, -0.2) is 0 Å². The number of benzene rings is 2. The maximum absolute atomic E-state index is 12.7. The van der Waals surface area contributed by atoms with Gasteiger partial charge in [0.1, 0.15) is 4.32 Å². The van der Waals surface area contributed by atoms with Gasteiger partial charge in [-0.2, -0.15) is 0 Å². The standard InChI is InChI=1S/C23H24N2O2S2/c1-14-5-7-18(8-6-14)13-19-22(27)25(23(28)29-19)10-9-20(26)24-21-16(3)11-15(2)12-17(21)4/h5-8,11-13H,9-10H2,1-4H3,(H,24,26)/b19-13+. The molecule has 0 bridgehead atoms. The smallest absolute Gasteiger partial charge is 0.266 e. The summed E-state index contributed by atoms with van der Waals surface area (Å²) in [4.78, 5) is 27.3. The zero-order valence-electron chi connectivity index (χ0n) is 17.0. The average molecular weight is 425 g/mol. The number of aryl methyl sites for hydroxylation is 4. The second-order valence-corrected chi connectivity index (χ2v) is 8.99. The van der Waals surface area contributed by atoms with Crippen molar-refractivity contribution < 1.29 is 9.59 Å². The van der Waals surface area contributed by atoms with Crippen LogP contribution in [0.15, 0.2) is 41.3 Å². The van der Waals surface area contributed by atoms with Crippen LogP contribution in [0.2, 0.25) is 0 Å². The van der Waals surface area contributed by atoms with E-state index in [4.69, 9.17) is 12.2 Å². The maximum atomic E-state index is 12.7. The lowest BCUT2D eigenvalue weighted by molar-refractivity contribution is -0.122. The summed E-state index contributed by atoms with van der Waals surface area (Å²) in [6, 6.07) is 12.0. The fraction of sp³-hybridized carbons (Fsp3) is 0.261. The van der Waals surface area contributed by atoms with Crippen LogP contribution in [0.5, 0.6) is 0 Å². The Morgan fingerprint density at radius 3 is 2.31 bits per heavy atom. The Morgan fingerprint density at radius 1 is 1.07 bits per heavy atom. The van der Waals surface area contributed by atoms with Crippen molar-refractivity contribution in [1.29, 1.82) is 0 Å². The Morgan fingerprint density at radius 2 is 1.69 bits per heavy atom. The summed E-state index contributed by atoms with van der Waals surface area (Å²) in [7, 11) is 0. The molecule has 1 aliphatic rings. The van der Waals surface area contributed by atoms with Crippen molar-refractivity contribution in [3.8, 4) is 0 Å². The van der Waals surface area contributed by atoms with Gasteiger partial charge >= 0.3 is 0 Å². The van der Waals surface area contributed by atoms with Crippen LogP contribution in [0.25, 0.3) is 6.08 Å². The molecular formula is C23H24N2O2S2. The topological polar surface area (TPSA) is 49.4 Å². The van der Waals surface area contributed by atoms with E-state index < -0.39 is 0 Å². The van der Waals surface area contributed by atoms with Crippen LogP contribution in [0.1, 0.15) is 34.2 Å². The average Bonchev–Trinajstić information content (AvgIpc) is 2.91. The Labute approximate surface area is 181 Å². The van der Waals surface area contributed by atoms with E-state index in [2.05, 4.69) is 5.32 Å². The first-order valence-electron chi connectivity index (χ1n) is 9.44. The minimum Gasteiger partial charge on any atom is -0.326 e. The minimum absolute atomic E-state index is 0.128. The predicted molar refractivity (Wildman–Crippen MR) is 125 cm³/mol. The Hall–Kier alpha value is -2.44. The SMILES string of the molecule is Cc1ccc(/C=C2/SC(=S)N(CCC(=O)Nc3c(C)cc(C)cc3C)C2=O)cc1. The zero-order chi connectivity index (χ0) is 21.1. The molecular weight excluding hydrogens is 400 g/mol. The number of carbonyl (C=O) groups excluding carboxylic acids is 2. The van der Waals surface area contributed by atoms with Crippen molar-refractivity contribution in [3.05, 3.63) is 69.1 Å². The van der Waals surface area contributed by atoms with E-state index in [9.17, 15) is 9.59 Å². The number of thiocarbonyl (C=S) groups is 1.